The Kier molecular flexibility index (Phi) is 5.60. The molecule has 0 radical (unpaired) electrons. The smallest absolute Gasteiger partial charge is 0.273 e. The SMILES string of the molecule is O=C(CNC(=O)c1cc(-c2ccco2)on1)Nc1ccc(N2CCCCC2)cc1. The summed E-state index contributed by atoms with van der Waals surface area (Å²) in [5.74, 6) is 0.00154. The van der Waals surface area contributed by atoms with Gasteiger partial charge in [-0.15, -0.1) is 0 Å². The van der Waals surface area contributed by atoms with Gasteiger partial charge in [0.05, 0.1) is 12.8 Å². The fourth-order valence-corrected chi connectivity index (χ4v) is 3.28. The first kappa shape index (κ1) is 18.8. The minimum absolute atomic E-state index is 0.0788. The summed E-state index contributed by atoms with van der Waals surface area (Å²) in [4.78, 5) is 26.6. The Hall–Kier alpha value is -3.55. The van der Waals surface area contributed by atoms with E-state index in [1.54, 1.807) is 12.1 Å². The number of aromatic nitrogens is 1. The van der Waals surface area contributed by atoms with Crippen LogP contribution in [0.3, 0.4) is 0 Å². The lowest BCUT2D eigenvalue weighted by Gasteiger charge is -2.28. The fraction of sp³-hybridized carbons (Fsp3) is 0.286. The predicted octanol–water partition coefficient (Wildman–Crippen LogP) is 3.29. The third-order valence-electron chi connectivity index (χ3n) is 4.79. The highest BCUT2D eigenvalue weighted by Crippen LogP contribution is 2.22. The van der Waals surface area contributed by atoms with E-state index < -0.39 is 5.91 Å². The van der Waals surface area contributed by atoms with Gasteiger partial charge in [0, 0.05) is 30.5 Å². The lowest BCUT2D eigenvalue weighted by atomic mass is 10.1. The van der Waals surface area contributed by atoms with E-state index in [9.17, 15) is 9.59 Å². The van der Waals surface area contributed by atoms with Crippen LogP contribution < -0.4 is 15.5 Å². The predicted molar refractivity (Wildman–Crippen MR) is 108 cm³/mol. The Bertz CT molecular complexity index is 957. The third-order valence-corrected chi connectivity index (χ3v) is 4.79. The number of anilines is 2. The van der Waals surface area contributed by atoms with Gasteiger partial charge in [-0.1, -0.05) is 5.16 Å². The van der Waals surface area contributed by atoms with E-state index in [1.807, 2.05) is 24.3 Å². The molecule has 1 fully saturated rings. The number of carbonyl (C=O) groups excluding carboxylic acids is 2. The van der Waals surface area contributed by atoms with Crippen LogP contribution in [0, 0.1) is 0 Å². The van der Waals surface area contributed by atoms with Crippen LogP contribution in [0.25, 0.3) is 11.5 Å². The maximum atomic E-state index is 12.2. The number of furan rings is 1. The summed E-state index contributed by atoms with van der Waals surface area (Å²) in [5.41, 5.74) is 1.93. The van der Waals surface area contributed by atoms with Gasteiger partial charge in [-0.25, -0.2) is 0 Å². The first-order valence-electron chi connectivity index (χ1n) is 9.63. The molecule has 0 saturated carbocycles. The molecule has 150 valence electrons. The van der Waals surface area contributed by atoms with Gasteiger partial charge in [0.25, 0.3) is 5.91 Å². The van der Waals surface area contributed by atoms with Crippen molar-refractivity contribution in [2.75, 3.05) is 29.9 Å². The second-order valence-corrected chi connectivity index (χ2v) is 6.88. The molecule has 0 aliphatic carbocycles. The van der Waals surface area contributed by atoms with Crippen LogP contribution >= 0.6 is 0 Å². The van der Waals surface area contributed by atoms with E-state index in [1.165, 1.54) is 31.6 Å². The molecule has 2 N–H and O–H groups in total. The van der Waals surface area contributed by atoms with Crippen LogP contribution in [0.1, 0.15) is 29.8 Å². The summed E-state index contributed by atoms with van der Waals surface area (Å²) >= 11 is 0. The fourth-order valence-electron chi connectivity index (χ4n) is 3.28. The third kappa shape index (κ3) is 4.66. The molecule has 0 spiro atoms. The molecule has 8 nitrogen and oxygen atoms in total. The van der Waals surface area contributed by atoms with E-state index in [2.05, 4.69) is 20.7 Å². The standard InChI is InChI=1S/C21H22N4O4/c26-20(23-15-6-8-16(9-7-15)25-10-2-1-3-11-25)14-22-21(27)17-13-19(29-24-17)18-5-4-12-28-18/h4-9,12-13H,1-3,10-11,14H2,(H,22,27)(H,23,26). The van der Waals surface area contributed by atoms with Crippen molar-refractivity contribution in [2.45, 2.75) is 19.3 Å². The maximum Gasteiger partial charge on any atom is 0.273 e. The molecule has 0 unspecified atom stereocenters. The van der Waals surface area contributed by atoms with Gasteiger partial charge < -0.3 is 24.5 Å². The van der Waals surface area contributed by atoms with Crippen molar-refractivity contribution < 1.29 is 18.5 Å². The van der Waals surface area contributed by atoms with E-state index >= 15 is 0 Å². The van der Waals surface area contributed by atoms with Gasteiger partial charge in [-0.3, -0.25) is 9.59 Å². The number of nitrogens with one attached hydrogen (secondary N) is 2. The zero-order valence-corrected chi connectivity index (χ0v) is 15.9. The summed E-state index contributed by atoms with van der Waals surface area (Å²) in [5, 5.41) is 9.01. The highest BCUT2D eigenvalue weighted by Gasteiger charge is 2.16. The number of rotatable bonds is 6. The van der Waals surface area contributed by atoms with Crippen molar-refractivity contribution in [3.63, 3.8) is 0 Å². The quantitative estimate of drug-likeness (QED) is 0.665. The van der Waals surface area contributed by atoms with Gasteiger partial charge >= 0.3 is 0 Å². The lowest BCUT2D eigenvalue weighted by molar-refractivity contribution is -0.115. The largest absolute Gasteiger partial charge is 0.461 e. The van der Waals surface area contributed by atoms with Gasteiger partial charge in [0.1, 0.15) is 0 Å². The summed E-state index contributed by atoms with van der Waals surface area (Å²) in [6.07, 6.45) is 5.22. The van der Waals surface area contributed by atoms with Gasteiger partial charge in [-0.2, -0.15) is 0 Å². The Balaban J connectivity index is 1.27. The van der Waals surface area contributed by atoms with Crippen molar-refractivity contribution in [2.24, 2.45) is 0 Å². The zero-order chi connectivity index (χ0) is 20.1. The van der Waals surface area contributed by atoms with E-state index in [0.717, 1.165) is 18.8 Å². The van der Waals surface area contributed by atoms with Gasteiger partial charge in [0.15, 0.2) is 11.5 Å². The van der Waals surface area contributed by atoms with Crippen LogP contribution in [-0.4, -0.2) is 36.6 Å². The highest BCUT2D eigenvalue weighted by molar-refractivity contribution is 5.98. The van der Waals surface area contributed by atoms with Crippen molar-refractivity contribution in [1.82, 2.24) is 10.5 Å². The normalized spacial score (nSPS) is 13.9. The topological polar surface area (TPSA) is 101 Å². The lowest BCUT2D eigenvalue weighted by Crippen LogP contribution is -2.33. The number of benzene rings is 1. The Labute approximate surface area is 167 Å². The second kappa shape index (κ2) is 8.64. The summed E-state index contributed by atoms with van der Waals surface area (Å²) in [7, 11) is 0. The van der Waals surface area contributed by atoms with Crippen molar-refractivity contribution in [3.8, 4) is 11.5 Å². The summed E-state index contributed by atoms with van der Waals surface area (Å²) < 4.78 is 10.3. The highest BCUT2D eigenvalue weighted by atomic mass is 16.5. The molecule has 29 heavy (non-hydrogen) atoms. The monoisotopic (exact) mass is 394 g/mol. The molecule has 3 aromatic rings. The van der Waals surface area contributed by atoms with Gasteiger partial charge in [-0.05, 0) is 55.7 Å². The molecule has 1 aliphatic heterocycles. The number of amides is 2. The Morgan fingerprint density at radius 1 is 1.03 bits per heavy atom. The van der Waals surface area contributed by atoms with Crippen molar-refractivity contribution in [3.05, 3.63) is 54.4 Å². The molecule has 0 bridgehead atoms. The van der Waals surface area contributed by atoms with Crippen LogP contribution in [0.15, 0.2) is 57.7 Å². The molecule has 4 rings (SSSR count). The molecule has 2 amide bonds. The molecule has 3 heterocycles. The van der Waals surface area contributed by atoms with E-state index in [-0.39, 0.29) is 18.1 Å². The molecule has 1 aliphatic rings. The second-order valence-electron chi connectivity index (χ2n) is 6.88. The number of hydrogen-bond acceptors (Lipinski definition) is 6. The van der Waals surface area contributed by atoms with Crippen LogP contribution in [0.5, 0.6) is 0 Å². The Morgan fingerprint density at radius 3 is 2.55 bits per heavy atom. The van der Waals surface area contributed by atoms with Crippen molar-refractivity contribution >= 4 is 23.2 Å². The zero-order valence-electron chi connectivity index (χ0n) is 15.9. The molecular formula is C21H22N4O4. The molecular weight excluding hydrogens is 372 g/mol. The van der Waals surface area contributed by atoms with Crippen LogP contribution in [-0.2, 0) is 4.79 Å². The average Bonchev–Trinajstić information content (AvgIpc) is 3.45. The van der Waals surface area contributed by atoms with E-state index in [4.69, 9.17) is 8.94 Å². The first-order chi connectivity index (χ1) is 14.2. The van der Waals surface area contributed by atoms with Crippen LogP contribution in [0.4, 0.5) is 11.4 Å². The number of piperidine rings is 1. The molecule has 8 heteroatoms. The average molecular weight is 394 g/mol. The van der Waals surface area contributed by atoms with Crippen molar-refractivity contribution in [1.29, 1.82) is 0 Å². The van der Waals surface area contributed by atoms with E-state index in [0.29, 0.717) is 17.2 Å². The number of hydrogen-bond donors (Lipinski definition) is 2. The molecule has 1 saturated heterocycles. The number of carbonyl (C=O) groups is 2. The number of nitrogens with zero attached hydrogens (tertiary/aromatic N) is 2. The van der Waals surface area contributed by atoms with Gasteiger partial charge in [0.2, 0.25) is 11.7 Å². The molecule has 0 atom stereocenters. The first-order valence-corrected chi connectivity index (χ1v) is 9.63. The molecule has 1 aromatic carbocycles. The minimum Gasteiger partial charge on any atom is -0.461 e. The van der Waals surface area contributed by atoms with Crippen LogP contribution in [0.2, 0.25) is 0 Å². The molecule has 2 aromatic heterocycles. The Morgan fingerprint density at radius 2 is 1.83 bits per heavy atom. The summed E-state index contributed by atoms with van der Waals surface area (Å²) in [6.45, 7) is 1.97. The maximum absolute atomic E-state index is 12.2. The minimum atomic E-state index is -0.498. The summed E-state index contributed by atoms with van der Waals surface area (Å²) in [6, 6.07) is 12.6.